The Balaban J connectivity index is 2.36. The van der Waals surface area contributed by atoms with Gasteiger partial charge in [-0.2, -0.15) is 0 Å². The van der Waals surface area contributed by atoms with Crippen molar-refractivity contribution in [2.75, 3.05) is 18.9 Å². The van der Waals surface area contributed by atoms with Gasteiger partial charge in [-0.25, -0.2) is 17.6 Å². The molecule has 9 heteroatoms. The van der Waals surface area contributed by atoms with Crippen molar-refractivity contribution in [3.8, 4) is 5.75 Å². The van der Waals surface area contributed by atoms with Gasteiger partial charge in [0.15, 0.2) is 11.6 Å². The van der Waals surface area contributed by atoms with Crippen LogP contribution in [-0.2, 0) is 14.8 Å². The summed E-state index contributed by atoms with van der Waals surface area (Å²) in [6.07, 6.45) is 0. The molecule has 2 rings (SSSR count). The largest absolute Gasteiger partial charge is 0.494 e. The third-order valence-electron chi connectivity index (χ3n) is 3.06. The normalized spacial score (nSPS) is 11.0. The Labute approximate surface area is 143 Å². The molecule has 0 aliphatic carbocycles. The number of hydrogen-bond donors (Lipinski definition) is 1. The lowest BCUT2D eigenvalue weighted by Gasteiger charge is -2.11. The highest BCUT2D eigenvalue weighted by Crippen LogP contribution is 2.25. The fourth-order valence-electron chi connectivity index (χ4n) is 1.88. The molecule has 0 heterocycles. The van der Waals surface area contributed by atoms with Gasteiger partial charge in [0.2, 0.25) is 0 Å². The van der Waals surface area contributed by atoms with E-state index in [0.717, 1.165) is 6.07 Å². The molecule has 0 saturated carbocycles. The zero-order valence-corrected chi connectivity index (χ0v) is 14.2. The third-order valence-corrected chi connectivity index (χ3v) is 4.77. The first-order valence-corrected chi connectivity index (χ1v) is 8.39. The van der Waals surface area contributed by atoms with Crippen molar-refractivity contribution in [1.29, 1.82) is 0 Å². The highest BCUT2D eigenvalue weighted by molar-refractivity contribution is 7.92. The predicted octanol–water partition coefficient (Wildman–Crippen LogP) is 3.08. The number of carbonyl (C=O) groups excluding carboxylic acids is 1. The molecule has 0 spiro atoms. The van der Waals surface area contributed by atoms with Crippen LogP contribution in [0.5, 0.6) is 5.75 Å². The van der Waals surface area contributed by atoms with E-state index in [4.69, 9.17) is 16.3 Å². The lowest BCUT2D eigenvalue weighted by molar-refractivity contribution is 0.0601. The van der Waals surface area contributed by atoms with E-state index in [1.54, 1.807) is 0 Å². The first-order chi connectivity index (χ1) is 11.3. The Morgan fingerprint density at radius 1 is 1.17 bits per heavy atom. The van der Waals surface area contributed by atoms with Crippen molar-refractivity contribution in [3.63, 3.8) is 0 Å². The fraction of sp³-hybridized carbons (Fsp3) is 0.133. The molecule has 6 nitrogen and oxygen atoms in total. The Morgan fingerprint density at radius 3 is 2.46 bits per heavy atom. The summed E-state index contributed by atoms with van der Waals surface area (Å²) in [6.45, 7) is 0. The summed E-state index contributed by atoms with van der Waals surface area (Å²) in [5.41, 5.74) is 0.0799. The molecule has 0 aromatic heterocycles. The van der Waals surface area contributed by atoms with Crippen LogP contribution in [0.3, 0.4) is 0 Å². The minimum atomic E-state index is -4.06. The van der Waals surface area contributed by atoms with Gasteiger partial charge >= 0.3 is 5.97 Å². The van der Waals surface area contributed by atoms with Crippen molar-refractivity contribution in [2.24, 2.45) is 0 Å². The third kappa shape index (κ3) is 3.77. The Hall–Kier alpha value is -2.32. The van der Waals surface area contributed by atoms with Gasteiger partial charge in [0.1, 0.15) is 0 Å². The van der Waals surface area contributed by atoms with Gasteiger partial charge in [-0.3, -0.25) is 4.72 Å². The summed E-state index contributed by atoms with van der Waals surface area (Å²) in [5, 5.41) is 0.111. The van der Waals surface area contributed by atoms with Gasteiger partial charge in [0.25, 0.3) is 10.0 Å². The van der Waals surface area contributed by atoms with Crippen LogP contribution < -0.4 is 9.46 Å². The molecule has 2 aromatic rings. The van der Waals surface area contributed by atoms with E-state index < -0.39 is 21.8 Å². The Bertz CT molecular complexity index is 885. The molecule has 1 N–H and O–H groups in total. The second kappa shape index (κ2) is 7.06. The molecule has 0 aliphatic rings. The molecule has 0 bridgehead atoms. The smallest absolute Gasteiger partial charge is 0.339 e. The van der Waals surface area contributed by atoms with Crippen LogP contribution in [0, 0.1) is 5.82 Å². The van der Waals surface area contributed by atoms with Gasteiger partial charge < -0.3 is 9.47 Å². The van der Waals surface area contributed by atoms with Crippen LogP contribution in [0.4, 0.5) is 10.1 Å². The lowest BCUT2D eigenvalue weighted by Crippen LogP contribution is -2.14. The number of benzene rings is 2. The molecular formula is C15H13ClFNO5S. The number of nitrogens with one attached hydrogen (secondary N) is 1. The highest BCUT2D eigenvalue weighted by Gasteiger charge is 2.19. The van der Waals surface area contributed by atoms with Crippen LogP contribution in [0.2, 0.25) is 5.02 Å². The molecule has 0 unspecified atom stereocenters. The van der Waals surface area contributed by atoms with E-state index in [1.807, 2.05) is 0 Å². The predicted molar refractivity (Wildman–Crippen MR) is 86.6 cm³/mol. The van der Waals surface area contributed by atoms with E-state index in [0.29, 0.717) is 0 Å². The molecule has 0 saturated heterocycles. The second-order valence-electron chi connectivity index (χ2n) is 4.59. The van der Waals surface area contributed by atoms with Crippen molar-refractivity contribution in [2.45, 2.75) is 4.90 Å². The minimum absolute atomic E-state index is 0.000258. The number of anilines is 1. The number of ether oxygens (including phenoxy) is 2. The average molecular weight is 374 g/mol. The number of sulfonamides is 1. The topological polar surface area (TPSA) is 81.7 Å². The lowest BCUT2D eigenvalue weighted by atomic mass is 10.2. The zero-order valence-electron chi connectivity index (χ0n) is 12.7. The zero-order chi connectivity index (χ0) is 17.9. The number of carbonyl (C=O) groups is 1. The monoisotopic (exact) mass is 373 g/mol. The fourth-order valence-corrected chi connectivity index (χ4v) is 3.14. The summed E-state index contributed by atoms with van der Waals surface area (Å²) in [5.74, 6) is -1.60. The standard InChI is InChI=1S/C15H13ClFNO5S/c1-22-14-6-4-10(8-13(14)17)24(20,21)18-9-3-5-12(16)11(7-9)15(19)23-2/h3-8,18H,1-2H3. The van der Waals surface area contributed by atoms with Crippen molar-refractivity contribution < 1.29 is 27.1 Å². The quantitative estimate of drug-likeness (QED) is 0.814. The molecule has 0 radical (unpaired) electrons. The number of halogens is 2. The summed E-state index contributed by atoms with van der Waals surface area (Å²) in [7, 11) is -1.62. The molecule has 0 amide bonds. The highest BCUT2D eigenvalue weighted by atomic mass is 35.5. The SMILES string of the molecule is COC(=O)c1cc(NS(=O)(=O)c2ccc(OC)c(F)c2)ccc1Cl. The van der Waals surface area contributed by atoms with E-state index in [9.17, 15) is 17.6 Å². The van der Waals surface area contributed by atoms with Gasteiger partial charge in [-0.1, -0.05) is 11.6 Å². The maximum atomic E-state index is 13.7. The maximum Gasteiger partial charge on any atom is 0.339 e. The van der Waals surface area contributed by atoms with Gasteiger partial charge in [0.05, 0.1) is 29.7 Å². The number of rotatable bonds is 5. The summed E-state index contributed by atoms with van der Waals surface area (Å²) < 4.78 is 49.9. The summed E-state index contributed by atoms with van der Waals surface area (Å²) in [4.78, 5) is 11.3. The van der Waals surface area contributed by atoms with Gasteiger partial charge in [0, 0.05) is 5.69 Å². The molecule has 0 fully saturated rings. The average Bonchev–Trinajstić information content (AvgIpc) is 2.55. The van der Waals surface area contributed by atoms with Crippen LogP contribution in [0.25, 0.3) is 0 Å². The van der Waals surface area contributed by atoms with Crippen molar-refractivity contribution in [1.82, 2.24) is 0 Å². The number of hydrogen-bond acceptors (Lipinski definition) is 5. The van der Waals surface area contributed by atoms with Crippen molar-refractivity contribution in [3.05, 3.63) is 52.8 Å². The molecule has 2 aromatic carbocycles. The molecule has 0 atom stereocenters. The first kappa shape index (κ1) is 18.0. The maximum absolute atomic E-state index is 13.7. The molecule has 128 valence electrons. The minimum Gasteiger partial charge on any atom is -0.494 e. The van der Waals surface area contributed by atoms with E-state index in [2.05, 4.69) is 9.46 Å². The van der Waals surface area contributed by atoms with Gasteiger partial charge in [-0.05, 0) is 36.4 Å². The number of esters is 1. The van der Waals surface area contributed by atoms with Crippen LogP contribution in [0.15, 0.2) is 41.3 Å². The Morgan fingerprint density at radius 2 is 1.88 bits per heavy atom. The van der Waals surface area contributed by atoms with Crippen LogP contribution >= 0.6 is 11.6 Å². The van der Waals surface area contributed by atoms with Gasteiger partial charge in [-0.15, -0.1) is 0 Å². The summed E-state index contributed by atoms with van der Waals surface area (Å²) >= 11 is 5.87. The molecular weight excluding hydrogens is 361 g/mol. The second-order valence-corrected chi connectivity index (χ2v) is 6.68. The van der Waals surface area contributed by atoms with E-state index >= 15 is 0 Å². The number of methoxy groups -OCH3 is 2. The first-order valence-electron chi connectivity index (χ1n) is 6.52. The van der Waals surface area contributed by atoms with Crippen molar-refractivity contribution >= 4 is 33.3 Å². The Kier molecular flexibility index (Phi) is 5.30. The van der Waals surface area contributed by atoms with E-state index in [1.165, 1.54) is 44.6 Å². The molecule has 24 heavy (non-hydrogen) atoms. The van der Waals surface area contributed by atoms with Crippen LogP contribution in [-0.4, -0.2) is 28.6 Å². The van der Waals surface area contributed by atoms with Crippen LogP contribution in [0.1, 0.15) is 10.4 Å². The van der Waals surface area contributed by atoms with E-state index in [-0.39, 0.29) is 26.9 Å². The summed E-state index contributed by atoms with van der Waals surface area (Å²) in [6, 6.07) is 7.17. The molecule has 0 aliphatic heterocycles.